The Balaban J connectivity index is 2.35. The number of rotatable bonds is 2. The van der Waals surface area contributed by atoms with Crippen LogP contribution >= 0.6 is 11.6 Å². The van der Waals surface area contributed by atoms with Crippen LogP contribution in [0.5, 0.6) is 0 Å². The van der Waals surface area contributed by atoms with Crippen molar-refractivity contribution in [2.24, 2.45) is 0 Å². The van der Waals surface area contributed by atoms with Crippen LogP contribution in [-0.4, -0.2) is 22.8 Å². The lowest BCUT2D eigenvalue weighted by molar-refractivity contribution is 0.578. The first-order chi connectivity index (χ1) is 10.7. The molecule has 0 aliphatic carbocycles. The van der Waals surface area contributed by atoms with Crippen LogP contribution in [0, 0.1) is 27.7 Å². The van der Waals surface area contributed by atoms with E-state index in [-0.39, 0.29) is 4.90 Å². The summed E-state index contributed by atoms with van der Waals surface area (Å²) in [6.45, 7) is 7.43. The van der Waals surface area contributed by atoms with Crippen molar-refractivity contribution < 1.29 is 8.42 Å². The number of fused-ring (bicyclic) bond motifs is 1. The average molecular weight is 350 g/mol. The lowest BCUT2D eigenvalue weighted by Crippen LogP contribution is -2.18. The third kappa shape index (κ3) is 2.42. The predicted molar refractivity (Wildman–Crippen MR) is 90.5 cm³/mol. The van der Waals surface area contributed by atoms with Crippen LogP contribution in [0.2, 0.25) is 5.02 Å². The fraction of sp³-hybridized carbons (Fsp3) is 0.250. The molecule has 0 aliphatic rings. The maximum Gasteiger partial charge on any atom is 0.285 e. The molecule has 0 N–H and O–H groups in total. The Morgan fingerprint density at radius 3 is 2.22 bits per heavy atom. The molecule has 1 heterocycles. The van der Waals surface area contributed by atoms with E-state index in [0.717, 1.165) is 26.3 Å². The van der Waals surface area contributed by atoms with Crippen molar-refractivity contribution in [3.63, 3.8) is 0 Å². The lowest BCUT2D eigenvalue weighted by atomic mass is 10.0. The van der Waals surface area contributed by atoms with Gasteiger partial charge in [-0.2, -0.15) is 8.42 Å². The second kappa shape index (κ2) is 5.32. The minimum Gasteiger partial charge on any atom is -0.199 e. The monoisotopic (exact) mass is 349 g/mol. The summed E-state index contributed by atoms with van der Waals surface area (Å²) in [5.74, 6) is 0. The average Bonchev–Trinajstić information content (AvgIpc) is 2.88. The van der Waals surface area contributed by atoms with Gasteiger partial charge in [-0.3, -0.25) is 0 Å². The minimum atomic E-state index is -3.84. The summed E-state index contributed by atoms with van der Waals surface area (Å²) in [5.41, 5.74) is 4.17. The van der Waals surface area contributed by atoms with Gasteiger partial charge in [-0.05, 0) is 68.1 Å². The number of benzene rings is 2. The first kappa shape index (κ1) is 16.0. The topological polar surface area (TPSA) is 64.8 Å². The Bertz CT molecular complexity index is 1010. The van der Waals surface area contributed by atoms with Crippen molar-refractivity contribution in [1.82, 2.24) is 14.4 Å². The summed E-state index contributed by atoms with van der Waals surface area (Å²) in [4.78, 5) is 0.289. The summed E-state index contributed by atoms with van der Waals surface area (Å²) in [6.07, 6.45) is 0. The standard InChI is InChI=1S/C16H16ClN3O2S/c1-9-7-10(2)12(4)16(11(9)3)23(21,22)20-15-6-5-13(17)8-14(15)18-19-20/h5-8H,1-4H3. The number of aryl methyl sites for hydroxylation is 2. The SMILES string of the molecule is Cc1cc(C)c(C)c(S(=O)(=O)n2nnc3cc(Cl)ccc32)c1C. The van der Waals surface area contributed by atoms with Gasteiger partial charge in [-0.25, -0.2) is 0 Å². The van der Waals surface area contributed by atoms with Crippen molar-refractivity contribution in [2.45, 2.75) is 32.6 Å². The van der Waals surface area contributed by atoms with E-state index < -0.39 is 10.0 Å². The second-order valence-electron chi connectivity index (χ2n) is 5.66. The number of aromatic nitrogens is 3. The second-order valence-corrected chi connectivity index (χ2v) is 7.80. The molecule has 0 aliphatic heterocycles. The van der Waals surface area contributed by atoms with Crippen LogP contribution < -0.4 is 0 Å². The third-order valence-corrected chi connectivity index (χ3v) is 6.25. The molecule has 0 radical (unpaired) electrons. The summed E-state index contributed by atoms with van der Waals surface area (Å²) in [7, 11) is -3.84. The van der Waals surface area contributed by atoms with Gasteiger partial charge in [-0.15, -0.1) is 9.19 Å². The molecule has 5 nitrogen and oxygen atoms in total. The first-order valence-corrected chi connectivity index (χ1v) is 8.89. The van der Waals surface area contributed by atoms with Gasteiger partial charge >= 0.3 is 0 Å². The van der Waals surface area contributed by atoms with E-state index in [0.29, 0.717) is 16.1 Å². The smallest absolute Gasteiger partial charge is 0.199 e. The number of nitrogens with zero attached hydrogens (tertiary/aromatic N) is 3. The molecule has 0 amide bonds. The van der Waals surface area contributed by atoms with Crippen LogP contribution in [0.4, 0.5) is 0 Å². The molecule has 0 atom stereocenters. The van der Waals surface area contributed by atoms with E-state index in [1.54, 1.807) is 18.2 Å². The van der Waals surface area contributed by atoms with Gasteiger partial charge < -0.3 is 0 Å². The largest absolute Gasteiger partial charge is 0.285 e. The van der Waals surface area contributed by atoms with Crippen LogP contribution in [0.3, 0.4) is 0 Å². The summed E-state index contributed by atoms with van der Waals surface area (Å²) >= 11 is 5.92. The van der Waals surface area contributed by atoms with Crippen LogP contribution in [0.1, 0.15) is 22.3 Å². The van der Waals surface area contributed by atoms with Gasteiger partial charge in [0, 0.05) is 5.02 Å². The molecule has 0 saturated heterocycles. The Morgan fingerprint density at radius 2 is 1.61 bits per heavy atom. The summed E-state index contributed by atoms with van der Waals surface area (Å²) in [6, 6.07) is 6.82. The molecule has 2 aromatic carbocycles. The Labute approximate surface area is 139 Å². The molecule has 3 rings (SSSR count). The van der Waals surface area contributed by atoms with Gasteiger partial charge in [0.25, 0.3) is 10.0 Å². The van der Waals surface area contributed by atoms with E-state index in [2.05, 4.69) is 10.3 Å². The maximum absolute atomic E-state index is 13.2. The number of halogens is 1. The molecular formula is C16H16ClN3O2S. The van der Waals surface area contributed by atoms with E-state index in [1.165, 1.54) is 0 Å². The van der Waals surface area contributed by atoms with Gasteiger partial charge in [0.05, 0.1) is 4.90 Å². The zero-order valence-electron chi connectivity index (χ0n) is 13.3. The van der Waals surface area contributed by atoms with Crippen LogP contribution in [0.25, 0.3) is 11.0 Å². The predicted octanol–water partition coefficient (Wildman–Crippen LogP) is 3.56. The van der Waals surface area contributed by atoms with Gasteiger partial charge in [-0.1, -0.05) is 22.9 Å². The summed E-state index contributed by atoms with van der Waals surface area (Å²) < 4.78 is 27.3. The minimum absolute atomic E-state index is 0.289. The zero-order valence-corrected chi connectivity index (χ0v) is 14.8. The molecular weight excluding hydrogens is 334 g/mol. The fourth-order valence-electron chi connectivity index (χ4n) is 2.71. The van der Waals surface area contributed by atoms with Crippen molar-refractivity contribution >= 4 is 32.7 Å². The van der Waals surface area contributed by atoms with E-state index in [1.807, 2.05) is 33.8 Å². The molecule has 0 unspecified atom stereocenters. The van der Waals surface area contributed by atoms with E-state index in [9.17, 15) is 8.42 Å². The molecule has 7 heteroatoms. The van der Waals surface area contributed by atoms with E-state index >= 15 is 0 Å². The van der Waals surface area contributed by atoms with Crippen molar-refractivity contribution in [3.8, 4) is 0 Å². The Morgan fingerprint density at radius 1 is 1.00 bits per heavy atom. The normalized spacial score (nSPS) is 12.0. The molecule has 120 valence electrons. The quantitative estimate of drug-likeness (QED) is 0.709. The van der Waals surface area contributed by atoms with Gasteiger partial charge in [0.1, 0.15) is 11.0 Å². The molecule has 3 aromatic rings. The Kier molecular flexibility index (Phi) is 3.69. The first-order valence-electron chi connectivity index (χ1n) is 7.07. The fourth-order valence-corrected chi connectivity index (χ4v) is 4.69. The molecule has 0 saturated carbocycles. The van der Waals surface area contributed by atoms with Gasteiger partial charge in [0.15, 0.2) is 0 Å². The lowest BCUT2D eigenvalue weighted by Gasteiger charge is -2.15. The van der Waals surface area contributed by atoms with E-state index in [4.69, 9.17) is 11.6 Å². The third-order valence-electron chi connectivity index (χ3n) is 4.16. The highest BCUT2D eigenvalue weighted by molar-refractivity contribution is 7.90. The highest BCUT2D eigenvalue weighted by Gasteiger charge is 2.26. The van der Waals surface area contributed by atoms with Crippen molar-refractivity contribution in [3.05, 3.63) is 51.5 Å². The van der Waals surface area contributed by atoms with Crippen molar-refractivity contribution in [2.75, 3.05) is 0 Å². The molecule has 0 fully saturated rings. The maximum atomic E-state index is 13.2. The van der Waals surface area contributed by atoms with Gasteiger partial charge in [0.2, 0.25) is 0 Å². The molecule has 23 heavy (non-hydrogen) atoms. The summed E-state index contributed by atoms with van der Waals surface area (Å²) in [5, 5.41) is 8.26. The number of hydrogen-bond donors (Lipinski definition) is 0. The molecule has 1 aromatic heterocycles. The van der Waals surface area contributed by atoms with Crippen LogP contribution in [0.15, 0.2) is 29.2 Å². The Hall–Kier alpha value is -1.92. The van der Waals surface area contributed by atoms with Crippen LogP contribution in [-0.2, 0) is 10.0 Å². The molecule has 0 bridgehead atoms. The zero-order chi connectivity index (χ0) is 16.9. The highest BCUT2D eigenvalue weighted by Crippen LogP contribution is 2.29. The van der Waals surface area contributed by atoms with Crippen molar-refractivity contribution in [1.29, 1.82) is 0 Å². The molecule has 0 spiro atoms. The number of hydrogen-bond acceptors (Lipinski definition) is 4. The highest BCUT2D eigenvalue weighted by atomic mass is 35.5.